The third kappa shape index (κ3) is 3.85. The molecule has 0 aliphatic carbocycles. The van der Waals surface area contributed by atoms with E-state index >= 15 is 0 Å². The topological polar surface area (TPSA) is 62.1 Å². The summed E-state index contributed by atoms with van der Waals surface area (Å²) < 4.78 is 0.707. The van der Waals surface area contributed by atoms with Crippen molar-refractivity contribution in [2.45, 2.75) is 6.54 Å². The van der Waals surface area contributed by atoms with Crippen molar-refractivity contribution >= 4 is 33.3 Å². The molecular weight excluding hydrogens is 400 g/mol. The Balaban J connectivity index is 1.53. The monoisotopic (exact) mass is 420 g/mol. The second kappa shape index (κ2) is 8.10. The van der Waals surface area contributed by atoms with E-state index in [1.807, 2.05) is 30.0 Å². The third-order valence-electron chi connectivity index (χ3n) is 5.04. The van der Waals surface area contributed by atoms with Gasteiger partial charge < -0.3 is 5.11 Å². The molecule has 1 aliphatic rings. The number of aromatic nitrogens is 3. The van der Waals surface area contributed by atoms with Crippen molar-refractivity contribution in [2.75, 3.05) is 24.6 Å². The summed E-state index contributed by atoms with van der Waals surface area (Å²) >= 11 is 3.50. The summed E-state index contributed by atoms with van der Waals surface area (Å²) in [6.45, 7) is 3.26. The zero-order valence-electron chi connectivity index (χ0n) is 15.8. The average Bonchev–Trinajstić information content (AvgIpc) is 3.20. The van der Waals surface area contributed by atoms with Crippen LogP contribution in [0.1, 0.15) is 5.56 Å². The zero-order chi connectivity index (χ0) is 19.6. The standard InChI is InChI=1S/C22H20N4OS2/c27-22-20-19(24-21(25-22)18-6-1-2-7-23-18)17(14-29-20)16-5-3-4-15(12-16)13-26-8-10-28-11-9-26/h1-7,12,14H,8-11,13H2,(H,24,25,27). The molecule has 29 heavy (non-hydrogen) atoms. The van der Waals surface area contributed by atoms with Crippen LogP contribution < -0.4 is 0 Å². The van der Waals surface area contributed by atoms with E-state index in [0.717, 1.165) is 36.3 Å². The van der Waals surface area contributed by atoms with Crippen LogP contribution in [0.5, 0.6) is 5.88 Å². The minimum absolute atomic E-state index is 0.00822. The molecule has 1 fully saturated rings. The van der Waals surface area contributed by atoms with Crippen molar-refractivity contribution in [3.63, 3.8) is 0 Å². The maximum atomic E-state index is 10.5. The normalized spacial score (nSPS) is 15.0. The summed E-state index contributed by atoms with van der Waals surface area (Å²) in [5.41, 5.74) is 4.87. The van der Waals surface area contributed by atoms with Crippen LogP contribution in [-0.2, 0) is 6.54 Å². The molecular formula is C22H20N4OS2. The maximum Gasteiger partial charge on any atom is 0.233 e. The first-order valence-corrected chi connectivity index (χ1v) is 11.6. The largest absolute Gasteiger partial charge is 0.492 e. The number of fused-ring (bicyclic) bond motifs is 1. The van der Waals surface area contributed by atoms with Crippen molar-refractivity contribution in [1.82, 2.24) is 19.9 Å². The second-order valence-electron chi connectivity index (χ2n) is 7.00. The number of hydrogen-bond donors (Lipinski definition) is 1. The third-order valence-corrected chi connectivity index (χ3v) is 6.95. The van der Waals surface area contributed by atoms with Crippen molar-refractivity contribution in [3.05, 3.63) is 59.6 Å². The van der Waals surface area contributed by atoms with Gasteiger partial charge in [0, 0.05) is 48.3 Å². The molecule has 1 aromatic carbocycles. The minimum Gasteiger partial charge on any atom is -0.492 e. The molecule has 0 bridgehead atoms. The lowest BCUT2D eigenvalue weighted by Crippen LogP contribution is -2.31. The molecule has 4 aromatic rings. The highest BCUT2D eigenvalue weighted by Gasteiger charge is 2.17. The Morgan fingerprint density at radius 2 is 1.93 bits per heavy atom. The van der Waals surface area contributed by atoms with Crippen LogP contribution in [-0.4, -0.2) is 49.6 Å². The Bertz CT molecular complexity index is 1140. The average molecular weight is 421 g/mol. The first-order chi connectivity index (χ1) is 14.3. The van der Waals surface area contributed by atoms with Crippen LogP contribution >= 0.6 is 23.1 Å². The van der Waals surface area contributed by atoms with Crippen LogP contribution in [0.25, 0.3) is 32.9 Å². The summed E-state index contributed by atoms with van der Waals surface area (Å²) in [5.74, 6) is 2.87. The number of thioether (sulfide) groups is 1. The molecule has 0 radical (unpaired) electrons. The Morgan fingerprint density at radius 1 is 1.03 bits per heavy atom. The molecule has 0 spiro atoms. The Hall–Kier alpha value is -2.48. The van der Waals surface area contributed by atoms with Crippen LogP contribution in [0.3, 0.4) is 0 Å². The van der Waals surface area contributed by atoms with Gasteiger partial charge >= 0.3 is 0 Å². The lowest BCUT2D eigenvalue weighted by molar-refractivity contribution is 0.294. The van der Waals surface area contributed by atoms with Gasteiger partial charge in [-0.1, -0.05) is 24.3 Å². The minimum atomic E-state index is 0.00822. The van der Waals surface area contributed by atoms with Gasteiger partial charge in [0.1, 0.15) is 10.4 Å². The van der Waals surface area contributed by atoms with E-state index in [1.54, 1.807) is 6.20 Å². The molecule has 0 amide bonds. The van der Waals surface area contributed by atoms with E-state index < -0.39 is 0 Å². The predicted molar refractivity (Wildman–Crippen MR) is 120 cm³/mol. The van der Waals surface area contributed by atoms with E-state index in [2.05, 4.69) is 44.5 Å². The fourth-order valence-corrected chi connectivity index (χ4v) is 5.45. The maximum absolute atomic E-state index is 10.5. The number of rotatable bonds is 4. The summed E-state index contributed by atoms with van der Waals surface area (Å²) in [6.07, 6.45) is 1.71. The fourth-order valence-electron chi connectivity index (χ4n) is 3.57. The van der Waals surface area contributed by atoms with Crippen molar-refractivity contribution < 1.29 is 5.11 Å². The quantitative estimate of drug-likeness (QED) is 0.517. The highest BCUT2D eigenvalue weighted by Crippen LogP contribution is 2.38. The van der Waals surface area contributed by atoms with Crippen molar-refractivity contribution in [2.24, 2.45) is 0 Å². The molecule has 0 saturated carbocycles. The second-order valence-corrected chi connectivity index (χ2v) is 9.11. The lowest BCUT2D eigenvalue weighted by atomic mass is 10.0. The smallest absolute Gasteiger partial charge is 0.233 e. The van der Waals surface area contributed by atoms with Gasteiger partial charge in [-0.15, -0.1) is 11.3 Å². The molecule has 0 atom stereocenters. The number of pyridine rings is 1. The van der Waals surface area contributed by atoms with Gasteiger partial charge in [0.2, 0.25) is 5.88 Å². The predicted octanol–water partition coefficient (Wildman–Crippen LogP) is 4.67. The summed E-state index contributed by atoms with van der Waals surface area (Å²) in [7, 11) is 0. The molecule has 4 heterocycles. The number of aromatic hydroxyl groups is 1. The van der Waals surface area contributed by atoms with E-state index in [-0.39, 0.29) is 5.88 Å². The summed E-state index contributed by atoms with van der Waals surface area (Å²) in [4.78, 5) is 15.8. The molecule has 3 aromatic heterocycles. The van der Waals surface area contributed by atoms with Gasteiger partial charge in [-0.3, -0.25) is 9.88 Å². The Labute approximate surface area is 177 Å². The number of benzene rings is 1. The number of hydrogen-bond acceptors (Lipinski definition) is 7. The Kier molecular flexibility index (Phi) is 5.18. The first-order valence-electron chi connectivity index (χ1n) is 9.57. The van der Waals surface area contributed by atoms with E-state index in [4.69, 9.17) is 4.98 Å². The van der Waals surface area contributed by atoms with E-state index in [9.17, 15) is 5.11 Å². The number of nitrogens with zero attached hydrogens (tertiary/aromatic N) is 4. The van der Waals surface area contributed by atoms with Crippen molar-refractivity contribution in [3.8, 4) is 28.5 Å². The zero-order valence-corrected chi connectivity index (χ0v) is 17.4. The molecule has 7 heteroatoms. The molecule has 5 nitrogen and oxygen atoms in total. The highest BCUT2D eigenvalue weighted by atomic mass is 32.2. The van der Waals surface area contributed by atoms with E-state index in [1.165, 1.54) is 28.4 Å². The molecule has 1 aliphatic heterocycles. The van der Waals surface area contributed by atoms with Gasteiger partial charge in [0.15, 0.2) is 5.82 Å². The fraction of sp³-hybridized carbons (Fsp3) is 0.227. The Morgan fingerprint density at radius 3 is 2.76 bits per heavy atom. The van der Waals surface area contributed by atoms with Crippen LogP contribution in [0.2, 0.25) is 0 Å². The summed E-state index contributed by atoms with van der Waals surface area (Å²) in [5, 5.41) is 12.5. The highest BCUT2D eigenvalue weighted by molar-refractivity contribution is 7.99. The van der Waals surface area contributed by atoms with Gasteiger partial charge in [0.25, 0.3) is 0 Å². The van der Waals surface area contributed by atoms with Gasteiger partial charge in [0.05, 0.1) is 5.52 Å². The molecule has 5 rings (SSSR count). The van der Waals surface area contributed by atoms with Gasteiger partial charge in [-0.25, -0.2) is 4.98 Å². The molecule has 1 saturated heterocycles. The van der Waals surface area contributed by atoms with Crippen LogP contribution in [0.15, 0.2) is 54.0 Å². The van der Waals surface area contributed by atoms with Gasteiger partial charge in [-0.05, 0) is 29.3 Å². The van der Waals surface area contributed by atoms with E-state index in [0.29, 0.717) is 16.2 Å². The first kappa shape index (κ1) is 18.5. The number of thiophene rings is 1. The molecule has 1 N–H and O–H groups in total. The van der Waals surface area contributed by atoms with Gasteiger partial charge in [-0.2, -0.15) is 16.7 Å². The van der Waals surface area contributed by atoms with Crippen molar-refractivity contribution in [1.29, 1.82) is 0 Å². The SMILES string of the molecule is Oc1nc(-c2ccccn2)nc2c(-c3cccc(CN4CCSCC4)c3)csc12. The van der Waals surface area contributed by atoms with Crippen LogP contribution in [0.4, 0.5) is 0 Å². The summed E-state index contributed by atoms with van der Waals surface area (Å²) in [6, 6.07) is 14.2. The van der Waals surface area contributed by atoms with Crippen LogP contribution in [0, 0.1) is 0 Å². The molecule has 0 unspecified atom stereocenters. The lowest BCUT2D eigenvalue weighted by Gasteiger charge is -2.26. The molecule has 146 valence electrons.